The van der Waals surface area contributed by atoms with Crippen molar-refractivity contribution in [2.24, 2.45) is 0 Å². The first-order valence-corrected chi connectivity index (χ1v) is 7.74. The molecule has 124 valence electrons. The summed E-state index contributed by atoms with van der Waals surface area (Å²) in [6.07, 6.45) is -4.53. The van der Waals surface area contributed by atoms with Crippen molar-refractivity contribution in [1.29, 1.82) is 0 Å². The summed E-state index contributed by atoms with van der Waals surface area (Å²) >= 11 is 7.14. The number of para-hydroxylation sites is 1. The largest absolute Gasteiger partial charge is 0.483 e. The molecule has 1 aromatic heterocycles. The van der Waals surface area contributed by atoms with Crippen molar-refractivity contribution in [2.45, 2.75) is 12.7 Å². The molecule has 0 atom stereocenters. The molecule has 0 spiro atoms. The van der Waals surface area contributed by atoms with Crippen molar-refractivity contribution in [3.8, 4) is 5.75 Å². The van der Waals surface area contributed by atoms with E-state index in [1.807, 2.05) is 0 Å². The van der Waals surface area contributed by atoms with Gasteiger partial charge in [0.15, 0.2) is 6.61 Å². The smallest absolute Gasteiger partial charge is 0.419 e. The molecule has 0 bridgehead atoms. The quantitative estimate of drug-likeness (QED) is 0.785. The fourth-order valence-corrected chi connectivity index (χ4v) is 2.98. The van der Waals surface area contributed by atoms with Crippen molar-refractivity contribution in [3.63, 3.8) is 0 Å². The molecule has 0 aliphatic carbocycles. The predicted octanol–water partition coefficient (Wildman–Crippen LogP) is 4.46. The number of amides is 1. The van der Waals surface area contributed by atoms with Gasteiger partial charge in [-0.1, -0.05) is 23.7 Å². The molecule has 23 heavy (non-hydrogen) atoms. The van der Waals surface area contributed by atoms with E-state index < -0.39 is 24.3 Å². The molecule has 0 saturated heterocycles. The topological polar surface area (TPSA) is 29.5 Å². The van der Waals surface area contributed by atoms with E-state index in [-0.39, 0.29) is 5.75 Å². The van der Waals surface area contributed by atoms with Gasteiger partial charge < -0.3 is 9.64 Å². The van der Waals surface area contributed by atoms with Crippen LogP contribution in [-0.4, -0.2) is 24.5 Å². The van der Waals surface area contributed by atoms with E-state index in [0.717, 1.165) is 10.9 Å². The van der Waals surface area contributed by atoms with Crippen LogP contribution in [-0.2, 0) is 17.5 Å². The molecule has 1 aromatic carbocycles. The van der Waals surface area contributed by atoms with Crippen molar-refractivity contribution in [3.05, 3.63) is 51.2 Å². The minimum absolute atomic E-state index is 0.320. The van der Waals surface area contributed by atoms with Gasteiger partial charge in [-0.25, -0.2) is 0 Å². The maximum absolute atomic E-state index is 12.8. The van der Waals surface area contributed by atoms with Gasteiger partial charge in [-0.15, -0.1) is 11.3 Å². The third-order valence-electron chi connectivity index (χ3n) is 2.99. The minimum atomic E-state index is -4.53. The zero-order valence-corrected chi connectivity index (χ0v) is 13.6. The van der Waals surface area contributed by atoms with Gasteiger partial charge in [-0.05, 0) is 24.3 Å². The summed E-state index contributed by atoms with van der Waals surface area (Å²) in [6.45, 7) is -0.150. The molecule has 0 radical (unpaired) electrons. The molecule has 0 N–H and O–H groups in total. The Labute approximate surface area is 140 Å². The standard InChI is InChI=1S/C15H13ClF3NO2S/c1-20(8-10-6-7-13(16)23-10)14(21)9-22-12-5-3-2-4-11(12)15(17,18)19/h2-7H,8-9H2,1H3. The number of alkyl halides is 3. The number of hydrogen-bond donors (Lipinski definition) is 0. The van der Waals surface area contributed by atoms with Crippen LogP contribution in [0.5, 0.6) is 5.75 Å². The van der Waals surface area contributed by atoms with E-state index in [2.05, 4.69) is 0 Å². The lowest BCUT2D eigenvalue weighted by Crippen LogP contribution is -2.31. The van der Waals surface area contributed by atoms with Crippen LogP contribution in [0.1, 0.15) is 10.4 Å². The number of carbonyl (C=O) groups excluding carboxylic acids is 1. The number of benzene rings is 1. The summed E-state index contributed by atoms with van der Waals surface area (Å²) in [5.41, 5.74) is -0.902. The number of halogens is 4. The number of thiophene rings is 1. The summed E-state index contributed by atoms with van der Waals surface area (Å²) in [5.74, 6) is -0.785. The minimum Gasteiger partial charge on any atom is -0.483 e. The molecule has 0 saturated carbocycles. The maximum atomic E-state index is 12.8. The summed E-state index contributed by atoms with van der Waals surface area (Å²) in [7, 11) is 1.55. The van der Waals surface area contributed by atoms with Gasteiger partial charge in [-0.3, -0.25) is 4.79 Å². The second-order valence-corrected chi connectivity index (χ2v) is 6.54. The molecule has 8 heteroatoms. The van der Waals surface area contributed by atoms with Crippen LogP contribution in [0.25, 0.3) is 0 Å². The number of nitrogens with zero attached hydrogens (tertiary/aromatic N) is 1. The first kappa shape index (κ1) is 17.6. The fraction of sp³-hybridized carbons (Fsp3) is 0.267. The molecule has 0 fully saturated rings. The fourth-order valence-electron chi connectivity index (χ4n) is 1.84. The van der Waals surface area contributed by atoms with Gasteiger partial charge in [0.1, 0.15) is 5.75 Å². The SMILES string of the molecule is CN(Cc1ccc(Cl)s1)C(=O)COc1ccccc1C(F)(F)F. The summed E-state index contributed by atoms with van der Waals surface area (Å²) in [5, 5.41) is 0. The van der Waals surface area contributed by atoms with Gasteiger partial charge in [-0.2, -0.15) is 13.2 Å². The highest BCUT2D eigenvalue weighted by Crippen LogP contribution is 2.35. The summed E-state index contributed by atoms with van der Waals surface area (Å²) in [6, 6.07) is 8.30. The van der Waals surface area contributed by atoms with E-state index >= 15 is 0 Å². The van der Waals surface area contributed by atoms with Gasteiger partial charge >= 0.3 is 6.18 Å². The Morgan fingerprint density at radius 3 is 2.57 bits per heavy atom. The molecule has 1 amide bonds. The van der Waals surface area contributed by atoms with Crippen molar-refractivity contribution in [2.75, 3.05) is 13.7 Å². The molecule has 0 unspecified atom stereocenters. The van der Waals surface area contributed by atoms with Crippen molar-refractivity contribution in [1.82, 2.24) is 4.90 Å². The number of carbonyl (C=O) groups is 1. The van der Waals surface area contributed by atoms with E-state index in [1.165, 1.54) is 34.4 Å². The molecule has 2 rings (SSSR count). The van der Waals surface area contributed by atoms with Crippen molar-refractivity contribution < 1.29 is 22.7 Å². The Bertz CT molecular complexity index is 687. The van der Waals surface area contributed by atoms with Gasteiger partial charge in [0.25, 0.3) is 5.91 Å². The Morgan fingerprint density at radius 1 is 1.26 bits per heavy atom. The second-order valence-electron chi connectivity index (χ2n) is 4.74. The molecule has 0 aliphatic rings. The average Bonchev–Trinajstić information content (AvgIpc) is 2.89. The predicted molar refractivity (Wildman–Crippen MR) is 82.7 cm³/mol. The molecule has 3 nitrogen and oxygen atoms in total. The normalized spacial score (nSPS) is 11.3. The van der Waals surface area contributed by atoms with Crippen LogP contribution in [0.15, 0.2) is 36.4 Å². The zero-order valence-electron chi connectivity index (χ0n) is 12.1. The van der Waals surface area contributed by atoms with E-state index in [1.54, 1.807) is 19.2 Å². The van der Waals surface area contributed by atoms with Gasteiger partial charge in [0, 0.05) is 11.9 Å². The first-order valence-electron chi connectivity index (χ1n) is 6.54. The van der Waals surface area contributed by atoms with E-state index in [4.69, 9.17) is 16.3 Å². The highest BCUT2D eigenvalue weighted by atomic mass is 35.5. The average molecular weight is 364 g/mol. The molecule has 0 aliphatic heterocycles. The number of ether oxygens (including phenoxy) is 1. The highest BCUT2D eigenvalue weighted by molar-refractivity contribution is 7.16. The van der Waals surface area contributed by atoms with Crippen molar-refractivity contribution >= 4 is 28.8 Å². The van der Waals surface area contributed by atoms with E-state index in [9.17, 15) is 18.0 Å². The highest BCUT2D eigenvalue weighted by Gasteiger charge is 2.34. The van der Waals surface area contributed by atoms with Crippen LogP contribution in [0.4, 0.5) is 13.2 Å². The Balaban J connectivity index is 1.97. The molecule has 1 heterocycles. The Morgan fingerprint density at radius 2 is 1.96 bits per heavy atom. The lowest BCUT2D eigenvalue weighted by atomic mass is 10.2. The Hall–Kier alpha value is -1.73. The van der Waals surface area contributed by atoms with E-state index in [0.29, 0.717) is 10.9 Å². The number of likely N-dealkylation sites (N-methyl/N-ethyl adjacent to an activating group) is 1. The molecule has 2 aromatic rings. The Kier molecular flexibility index (Phi) is 5.54. The lowest BCUT2D eigenvalue weighted by Gasteiger charge is -2.18. The zero-order chi connectivity index (χ0) is 17.0. The monoisotopic (exact) mass is 363 g/mol. The first-order chi connectivity index (χ1) is 10.8. The maximum Gasteiger partial charge on any atom is 0.419 e. The van der Waals surface area contributed by atoms with Gasteiger partial charge in [0.2, 0.25) is 0 Å². The second kappa shape index (κ2) is 7.23. The lowest BCUT2D eigenvalue weighted by molar-refractivity contribution is -0.140. The molecular formula is C15H13ClF3NO2S. The van der Waals surface area contributed by atoms with Crippen LogP contribution < -0.4 is 4.74 Å². The van der Waals surface area contributed by atoms with Crippen LogP contribution in [0.2, 0.25) is 4.34 Å². The molecular weight excluding hydrogens is 351 g/mol. The summed E-state index contributed by atoms with van der Waals surface area (Å²) < 4.78 is 44.2. The summed E-state index contributed by atoms with van der Waals surface area (Å²) in [4.78, 5) is 14.2. The van der Waals surface area contributed by atoms with Crippen LogP contribution in [0, 0.1) is 0 Å². The third kappa shape index (κ3) is 4.87. The number of rotatable bonds is 5. The third-order valence-corrected chi connectivity index (χ3v) is 4.21. The van der Waals surface area contributed by atoms with Crippen LogP contribution in [0.3, 0.4) is 0 Å². The number of hydrogen-bond acceptors (Lipinski definition) is 3. The van der Waals surface area contributed by atoms with Crippen LogP contribution >= 0.6 is 22.9 Å². The van der Waals surface area contributed by atoms with Gasteiger partial charge in [0.05, 0.1) is 16.4 Å².